The summed E-state index contributed by atoms with van der Waals surface area (Å²) in [5.41, 5.74) is 0. The normalized spacial score (nSPS) is 11.5. The minimum Gasteiger partial charge on any atom is -0.363 e. The quantitative estimate of drug-likeness (QED) is 0.633. The maximum atomic E-state index is 11.5. The van der Waals surface area contributed by atoms with Crippen molar-refractivity contribution in [3.05, 3.63) is 12.5 Å². The Kier molecular flexibility index (Phi) is 2.65. The third-order valence-electron chi connectivity index (χ3n) is 1.41. The van der Waals surface area contributed by atoms with Crippen molar-refractivity contribution in [2.75, 3.05) is 13.6 Å². The van der Waals surface area contributed by atoms with Gasteiger partial charge in [0.2, 0.25) is 10.0 Å². The molecule has 0 spiro atoms. The summed E-state index contributed by atoms with van der Waals surface area (Å²) in [6.45, 7) is -0.201. The number of hydrogen-bond donors (Lipinski definition) is 0. The van der Waals surface area contributed by atoms with Gasteiger partial charge in [-0.2, -0.15) is 9.57 Å². The van der Waals surface area contributed by atoms with Gasteiger partial charge in [0.05, 0.1) is 12.3 Å². The van der Waals surface area contributed by atoms with Crippen LogP contribution in [0, 0.1) is 11.3 Å². The standard InChI is InChI=1S/C6H7N3O3S/c1-9(3-2-7)13(10,11)6-4-8-12-5-6/h4-5H,3H2,1H3. The molecule has 1 rings (SSSR count). The number of sulfonamides is 1. The SMILES string of the molecule is CN(CC#N)S(=O)(=O)c1cnoc1. The second-order valence-corrected chi connectivity index (χ2v) is 4.32. The third-order valence-corrected chi connectivity index (χ3v) is 3.16. The van der Waals surface area contributed by atoms with Crippen molar-refractivity contribution in [2.45, 2.75) is 4.90 Å². The molecule has 1 aromatic rings. The fourth-order valence-electron chi connectivity index (χ4n) is 0.687. The minimum absolute atomic E-state index is 0.0507. The van der Waals surface area contributed by atoms with Crippen LogP contribution in [-0.2, 0) is 10.0 Å². The zero-order valence-electron chi connectivity index (χ0n) is 6.84. The molecule has 0 radical (unpaired) electrons. The van der Waals surface area contributed by atoms with Gasteiger partial charge in [0.1, 0.15) is 17.7 Å². The minimum atomic E-state index is -3.60. The first-order valence-corrected chi connectivity index (χ1v) is 4.75. The van der Waals surface area contributed by atoms with E-state index >= 15 is 0 Å². The van der Waals surface area contributed by atoms with Crippen molar-refractivity contribution in [1.82, 2.24) is 9.46 Å². The van der Waals surface area contributed by atoms with Crippen LogP contribution < -0.4 is 0 Å². The lowest BCUT2D eigenvalue weighted by atomic mass is 10.7. The van der Waals surface area contributed by atoms with Crippen LogP contribution in [-0.4, -0.2) is 31.5 Å². The lowest BCUT2D eigenvalue weighted by molar-refractivity contribution is 0.417. The van der Waals surface area contributed by atoms with Gasteiger partial charge in [-0.15, -0.1) is 0 Å². The topological polar surface area (TPSA) is 87.2 Å². The Morgan fingerprint density at radius 3 is 2.92 bits per heavy atom. The molecule has 0 bridgehead atoms. The monoisotopic (exact) mass is 201 g/mol. The highest BCUT2D eigenvalue weighted by Gasteiger charge is 2.21. The number of rotatable bonds is 3. The number of hydrogen-bond acceptors (Lipinski definition) is 5. The summed E-state index contributed by atoms with van der Waals surface area (Å²) in [5.74, 6) is 0. The van der Waals surface area contributed by atoms with E-state index in [4.69, 9.17) is 5.26 Å². The molecule has 1 heterocycles. The third kappa shape index (κ3) is 1.85. The van der Waals surface area contributed by atoms with Gasteiger partial charge in [-0.25, -0.2) is 8.42 Å². The average Bonchev–Trinajstić information content (AvgIpc) is 2.56. The van der Waals surface area contributed by atoms with Gasteiger partial charge in [0.25, 0.3) is 0 Å². The Bertz CT molecular complexity index is 403. The van der Waals surface area contributed by atoms with E-state index in [0.29, 0.717) is 0 Å². The van der Waals surface area contributed by atoms with Gasteiger partial charge in [0.15, 0.2) is 0 Å². The van der Waals surface area contributed by atoms with E-state index in [1.807, 2.05) is 0 Å². The smallest absolute Gasteiger partial charge is 0.248 e. The summed E-state index contributed by atoms with van der Waals surface area (Å²) in [6.07, 6.45) is 2.10. The zero-order valence-corrected chi connectivity index (χ0v) is 7.65. The highest BCUT2D eigenvalue weighted by atomic mass is 32.2. The van der Waals surface area contributed by atoms with Gasteiger partial charge in [-0.1, -0.05) is 5.16 Å². The number of nitriles is 1. The maximum Gasteiger partial charge on any atom is 0.248 e. The lowest BCUT2D eigenvalue weighted by Gasteiger charge is -2.10. The molecular formula is C6H7N3O3S. The first-order valence-electron chi connectivity index (χ1n) is 3.31. The molecule has 6 nitrogen and oxygen atoms in total. The second kappa shape index (κ2) is 3.55. The summed E-state index contributed by atoms with van der Waals surface area (Å²) < 4.78 is 28.2. The Labute approximate surface area is 75.4 Å². The molecule has 1 aromatic heterocycles. The molecule has 0 aliphatic rings. The van der Waals surface area contributed by atoms with Crippen LogP contribution in [0.15, 0.2) is 21.9 Å². The van der Waals surface area contributed by atoms with Crippen molar-refractivity contribution in [3.63, 3.8) is 0 Å². The van der Waals surface area contributed by atoms with E-state index < -0.39 is 10.0 Å². The van der Waals surface area contributed by atoms with Crippen LogP contribution in [0.3, 0.4) is 0 Å². The van der Waals surface area contributed by atoms with Crippen LogP contribution in [0.2, 0.25) is 0 Å². The van der Waals surface area contributed by atoms with E-state index in [1.54, 1.807) is 6.07 Å². The molecular weight excluding hydrogens is 194 g/mol. The van der Waals surface area contributed by atoms with E-state index in [0.717, 1.165) is 16.8 Å². The van der Waals surface area contributed by atoms with Gasteiger partial charge in [-0.05, 0) is 0 Å². The summed E-state index contributed by atoms with van der Waals surface area (Å²) in [4.78, 5) is -0.0507. The molecule has 7 heteroatoms. The molecule has 0 saturated carbocycles. The van der Waals surface area contributed by atoms with Crippen LogP contribution in [0.25, 0.3) is 0 Å². The summed E-state index contributed by atoms with van der Waals surface area (Å²) in [5, 5.41) is 11.6. The predicted molar refractivity (Wildman–Crippen MR) is 41.9 cm³/mol. The molecule has 0 N–H and O–H groups in total. The molecule has 0 fully saturated rings. The van der Waals surface area contributed by atoms with Gasteiger partial charge < -0.3 is 4.52 Å². The maximum absolute atomic E-state index is 11.5. The molecule has 0 atom stereocenters. The molecule has 0 aromatic carbocycles. The fourth-order valence-corrected chi connectivity index (χ4v) is 1.62. The predicted octanol–water partition coefficient (Wildman–Crippen LogP) is -0.181. The van der Waals surface area contributed by atoms with E-state index in [1.165, 1.54) is 7.05 Å². The molecule has 0 aliphatic carbocycles. The highest BCUT2D eigenvalue weighted by molar-refractivity contribution is 7.89. The van der Waals surface area contributed by atoms with Crippen LogP contribution >= 0.6 is 0 Å². The summed E-state index contributed by atoms with van der Waals surface area (Å²) in [7, 11) is -2.29. The van der Waals surface area contributed by atoms with Crippen LogP contribution in [0.1, 0.15) is 0 Å². The Morgan fingerprint density at radius 2 is 2.46 bits per heavy atom. The largest absolute Gasteiger partial charge is 0.363 e. The fraction of sp³-hybridized carbons (Fsp3) is 0.333. The molecule has 0 saturated heterocycles. The van der Waals surface area contributed by atoms with Crippen molar-refractivity contribution in [3.8, 4) is 6.07 Å². The van der Waals surface area contributed by atoms with Gasteiger partial charge >= 0.3 is 0 Å². The van der Waals surface area contributed by atoms with Crippen molar-refractivity contribution in [1.29, 1.82) is 5.26 Å². The van der Waals surface area contributed by atoms with Crippen LogP contribution in [0.4, 0.5) is 0 Å². The number of nitrogens with zero attached hydrogens (tertiary/aromatic N) is 3. The average molecular weight is 201 g/mol. The first-order chi connectivity index (χ1) is 6.09. The highest BCUT2D eigenvalue weighted by Crippen LogP contribution is 2.11. The van der Waals surface area contributed by atoms with Gasteiger partial charge in [0, 0.05) is 7.05 Å². The Balaban J connectivity index is 2.98. The van der Waals surface area contributed by atoms with Gasteiger partial charge in [-0.3, -0.25) is 0 Å². The molecule has 13 heavy (non-hydrogen) atoms. The Hall–Kier alpha value is -1.39. The van der Waals surface area contributed by atoms with E-state index in [2.05, 4.69) is 9.68 Å². The van der Waals surface area contributed by atoms with E-state index in [9.17, 15) is 8.42 Å². The van der Waals surface area contributed by atoms with Crippen LogP contribution in [0.5, 0.6) is 0 Å². The second-order valence-electron chi connectivity index (χ2n) is 2.28. The van der Waals surface area contributed by atoms with Crippen molar-refractivity contribution >= 4 is 10.0 Å². The summed E-state index contributed by atoms with van der Waals surface area (Å²) in [6, 6.07) is 1.73. The van der Waals surface area contributed by atoms with E-state index in [-0.39, 0.29) is 11.4 Å². The zero-order chi connectivity index (χ0) is 9.90. The molecule has 0 amide bonds. The lowest BCUT2D eigenvalue weighted by Crippen LogP contribution is -2.26. The molecule has 70 valence electrons. The summed E-state index contributed by atoms with van der Waals surface area (Å²) >= 11 is 0. The van der Waals surface area contributed by atoms with Crippen molar-refractivity contribution < 1.29 is 12.9 Å². The first kappa shape index (κ1) is 9.70. The number of aromatic nitrogens is 1. The molecule has 0 unspecified atom stereocenters. The van der Waals surface area contributed by atoms with Crippen molar-refractivity contribution in [2.24, 2.45) is 0 Å². The Morgan fingerprint density at radius 1 is 1.77 bits per heavy atom. The molecule has 0 aliphatic heterocycles.